The molecule has 0 aliphatic heterocycles. The van der Waals surface area contributed by atoms with Crippen LogP contribution in [-0.4, -0.2) is 26.0 Å². The summed E-state index contributed by atoms with van der Waals surface area (Å²) in [7, 11) is -3.63. The Morgan fingerprint density at radius 2 is 2.12 bits per heavy atom. The lowest BCUT2D eigenvalue weighted by atomic mass is 10.2. The number of rotatable bonds is 5. The van der Waals surface area contributed by atoms with Gasteiger partial charge in [0.2, 0.25) is 10.0 Å². The molecule has 0 bridgehead atoms. The molecule has 0 atom stereocenters. The van der Waals surface area contributed by atoms with Gasteiger partial charge in [0.05, 0.1) is 11.3 Å². The van der Waals surface area contributed by atoms with Crippen molar-refractivity contribution in [1.29, 1.82) is 0 Å². The zero-order chi connectivity index (χ0) is 13.1. The lowest BCUT2D eigenvalue weighted by Gasteiger charge is -2.07. The van der Waals surface area contributed by atoms with Crippen LogP contribution >= 0.6 is 15.9 Å². The molecule has 1 rings (SSSR count). The summed E-state index contributed by atoms with van der Waals surface area (Å²) in [6.07, 6.45) is -0.241. The molecule has 0 heterocycles. The zero-order valence-corrected chi connectivity index (χ0v) is 11.5. The van der Waals surface area contributed by atoms with Crippen molar-refractivity contribution in [3.63, 3.8) is 0 Å². The highest BCUT2D eigenvalue weighted by Gasteiger charge is 2.14. The van der Waals surface area contributed by atoms with Crippen molar-refractivity contribution in [3.8, 4) is 0 Å². The van der Waals surface area contributed by atoms with Crippen LogP contribution < -0.4 is 4.72 Å². The van der Waals surface area contributed by atoms with E-state index in [4.69, 9.17) is 5.11 Å². The Morgan fingerprint density at radius 1 is 1.47 bits per heavy atom. The topological polar surface area (TPSA) is 83.5 Å². The Balaban J connectivity index is 2.82. The predicted octanol–water partition coefficient (Wildman–Crippen LogP) is 1.51. The van der Waals surface area contributed by atoms with Gasteiger partial charge in [0, 0.05) is 11.0 Å². The quantitative estimate of drug-likeness (QED) is 0.861. The molecule has 0 aromatic heterocycles. The normalized spacial score (nSPS) is 11.4. The fourth-order valence-corrected chi connectivity index (χ4v) is 2.52. The lowest BCUT2D eigenvalue weighted by molar-refractivity contribution is -0.136. The maximum atomic E-state index is 11.8. The highest BCUT2D eigenvalue weighted by Crippen LogP contribution is 2.19. The van der Waals surface area contributed by atoms with E-state index in [0.717, 1.165) is 10.0 Å². The summed E-state index contributed by atoms with van der Waals surface area (Å²) in [5.74, 6) is -1.04. The summed E-state index contributed by atoms with van der Waals surface area (Å²) >= 11 is 3.27. The number of carboxylic acid groups (broad SMARTS) is 1. The van der Waals surface area contributed by atoms with Gasteiger partial charge in [-0.2, -0.15) is 0 Å². The molecule has 0 radical (unpaired) electrons. The molecule has 2 N–H and O–H groups in total. The van der Waals surface area contributed by atoms with E-state index in [1.807, 2.05) is 0 Å². The van der Waals surface area contributed by atoms with Gasteiger partial charge in [-0.15, -0.1) is 0 Å². The second kappa shape index (κ2) is 5.61. The zero-order valence-electron chi connectivity index (χ0n) is 9.10. The molecule has 7 heteroatoms. The van der Waals surface area contributed by atoms with Crippen molar-refractivity contribution in [2.75, 3.05) is 6.54 Å². The number of carbonyl (C=O) groups is 1. The van der Waals surface area contributed by atoms with Gasteiger partial charge in [-0.25, -0.2) is 13.1 Å². The third kappa shape index (κ3) is 4.10. The third-order valence-corrected chi connectivity index (χ3v) is 4.42. The van der Waals surface area contributed by atoms with E-state index in [-0.39, 0.29) is 17.9 Å². The average molecular weight is 322 g/mol. The van der Waals surface area contributed by atoms with Crippen molar-refractivity contribution >= 4 is 31.9 Å². The summed E-state index contributed by atoms with van der Waals surface area (Å²) in [6, 6.07) is 4.62. The Hall–Kier alpha value is -0.920. The molecular weight excluding hydrogens is 310 g/mol. The Morgan fingerprint density at radius 3 is 2.65 bits per heavy atom. The fraction of sp³-hybridized carbons (Fsp3) is 0.300. The van der Waals surface area contributed by atoms with Crippen molar-refractivity contribution < 1.29 is 18.3 Å². The fourth-order valence-electron chi connectivity index (χ4n) is 1.16. The van der Waals surface area contributed by atoms with E-state index in [0.29, 0.717) is 0 Å². The van der Waals surface area contributed by atoms with Gasteiger partial charge in [0.1, 0.15) is 0 Å². The van der Waals surface area contributed by atoms with Gasteiger partial charge in [0.15, 0.2) is 0 Å². The Bertz CT molecular complexity index is 527. The number of hydrogen-bond donors (Lipinski definition) is 2. The SMILES string of the molecule is Cc1cc(S(=O)(=O)NCCC(=O)O)ccc1Br. The predicted molar refractivity (Wildman–Crippen MR) is 66.3 cm³/mol. The van der Waals surface area contributed by atoms with Crippen LogP contribution in [0.5, 0.6) is 0 Å². The van der Waals surface area contributed by atoms with Gasteiger partial charge in [0.25, 0.3) is 0 Å². The summed E-state index contributed by atoms with van der Waals surface area (Å²) in [5, 5.41) is 8.42. The minimum atomic E-state index is -3.63. The van der Waals surface area contributed by atoms with Crippen LogP contribution in [0, 0.1) is 6.92 Å². The molecule has 1 aromatic carbocycles. The largest absolute Gasteiger partial charge is 0.481 e. The molecule has 1 aromatic rings. The first-order valence-electron chi connectivity index (χ1n) is 4.80. The third-order valence-electron chi connectivity index (χ3n) is 2.07. The first-order valence-corrected chi connectivity index (χ1v) is 7.08. The molecule has 0 unspecified atom stereocenters. The minimum absolute atomic E-state index is 0.118. The minimum Gasteiger partial charge on any atom is -0.481 e. The monoisotopic (exact) mass is 321 g/mol. The van der Waals surface area contributed by atoms with Crippen LogP contribution in [0.4, 0.5) is 0 Å². The molecule has 0 saturated carbocycles. The molecule has 0 aliphatic rings. The van der Waals surface area contributed by atoms with E-state index in [1.165, 1.54) is 12.1 Å². The number of hydrogen-bond acceptors (Lipinski definition) is 3. The number of nitrogens with one attached hydrogen (secondary N) is 1. The van der Waals surface area contributed by atoms with Crippen LogP contribution in [0.15, 0.2) is 27.6 Å². The van der Waals surface area contributed by atoms with Crippen LogP contribution in [-0.2, 0) is 14.8 Å². The number of aliphatic carboxylic acids is 1. The maximum Gasteiger partial charge on any atom is 0.304 e. The summed E-state index contributed by atoms with van der Waals surface area (Å²) < 4.78 is 26.6. The summed E-state index contributed by atoms with van der Waals surface area (Å²) in [5.41, 5.74) is 0.797. The van der Waals surface area contributed by atoms with E-state index in [1.54, 1.807) is 13.0 Å². The molecule has 5 nitrogen and oxygen atoms in total. The van der Waals surface area contributed by atoms with Crippen molar-refractivity contribution in [2.45, 2.75) is 18.2 Å². The Kier molecular flexibility index (Phi) is 4.67. The highest BCUT2D eigenvalue weighted by atomic mass is 79.9. The molecule has 0 saturated heterocycles. The van der Waals surface area contributed by atoms with Gasteiger partial charge < -0.3 is 5.11 Å². The van der Waals surface area contributed by atoms with Gasteiger partial charge >= 0.3 is 5.97 Å². The van der Waals surface area contributed by atoms with Gasteiger partial charge in [-0.1, -0.05) is 15.9 Å². The highest BCUT2D eigenvalue weighted by molar-refractivity contribution is 9.10. The lowest BCUT2D eigenvalue weighted by Crippen LogP contribution is -2.26. The number of halogens is 1. The van der Waals surface area contributed by atoms with E-state index >= 15 is 0 Å². The molecule has 94 valence electrons. The van der Waals surface area contributed by atoms with Crippen LogP contribution in [0.2, 0.25) is 0 Å². The molecular formula is C10H12BrNO4S. The first-order chi connectivity index (χ1) is 7.83. The first kappa shape index (κ1) is 14.1. The molecule has 0 amide bonds. The van der Waals surface area contributed by atoms with Gasteiger partial charge in [-0.05, 0) is 30.7 Å². The molecule has 17 heavy (non-hydrogen) atoms. The van der Waals surface area contributed by atoms with Crippen LogP contribution in [0.1, 0.15) is 12.0 Å². The number of benzene rings is 1. The molecule has 0 aliphatic carbocycles. The maximum absolute atomic E-state index is 11.8. The second-order valence-corrected chi connectivity index (χ2v) is 6.07. The second-order valence-electron chi connectivity index (χ2n) is 3.45. The van der Waals surface area contributed by atoms with E-state index in [2.05, 4.69) is 20.7 Å². The molecule has 0 spiro atoms. The standard InChI is InChI=1S/C10H12BrNO4S/c1-7-6-8(2-3-9(7)11)17(15,16)12-5-4-10(13)14/h2-3,6,12H,4-5H2,1H3,(H,13,14). The van der Waals surface area contributed by atoms with Crippen molar-refractivity contribution in [2.24, 2.45) is 0 Å². The number of aryl methyl sites for hydroxylation is 1. The number of sulfonamides is 1. The van der Waals surface area contributed by atoms with Crippen LogP contribution in [0.25, 0.3) is 0 Å². The van der Waals surface area contributed by atoms with Crippen molar-refractivity contribution in [1.82, 2.24) is 4.72 Å². The molecule has 0 fully saturated rings. The van der Waals surface area contributed by atoms with Crippen LogP contribution in [0.3, 0.4) is 0 Å². The Labute approximate surface area is 108 Å². The van der Waals surface area contributed by atoms with E-state index in [9.17, 15) is 13.2 Å². The summed E-state index contributed by atoms with van der Waals surface area (Å²) in [4.78, 5) is 10.4. The number of carboxylic acids is 1. The van der Waals surface area contributed by atoms with Crippen molar-refractivity contribution in [3.05, 3.63) is 28.2 Å². The average Bonchev–Trinajstić information content (AvgIpc) is 2.21. The summed E-state index contributed by atoms with van der Waals surface area (Å²) in [6.45, 7) is 1.66. The van der Waals surface area contributed by atoms with E-state index < -0.39 is 16.0 Å². The smallest absolute Gasteiger partial charge is 0.304 e. The van der Waals surface area contributed by atoms with Gasteiger partial charge in [-0.3, -0.25) is 4.79 Å².